The van der Waals surface area contributed by atoms with Crippen LogP contribution in [-0.4, -0.2) is 57.2 Å². The second-order valence-corrected chi connectivity index (χ2v) is 5.51. The van der Waals surface area contributed by atoms with E-state index in [-0.39, 0.29) is 17.4 Å². The number of aromatic nitrogens is 4. The van der Waals surface area contributed by atoms with Crippen molar-refractivity contribution in [3.05, 3.63) is 5.82 Å². The highest BCUT2D eigenvalue weighted by atomic mass is 16.5. The number of carbonyl (C=O) groups excluding carboxylic acids is 1. The van der Waals surface area contributed by atoms with Crippen molar-refractivity contribution in [2.75, 3.05) is 19.7 Å². The second kappa shape index (κ2) is 6.30. The van der Waals surface area contributed by atoms with Gasteiger partial charge in [0.1, 0.15) is 6.04 Å². The number of likely N-dealkylation sites (tertiary alicyclic amines) is 1. The highest BCUT2D eigenvalue weighted by Crippen LogP contribution is 2.33. The summed E-state index contributed by atoms with van der Waals surface area (Å²) in [5.74, 6) is 0.652. The zero-order valence-corrected chi connectivity index (χ0v) is 12.4. The van der Waals surface area contributed by atoms with Crippen LogP contribution in [0.15, 0.2) is 0 Å². The number of piperidine rings is 1. The number of aromatic amines is 1. The Morgan fingerprint density at radius 3 is 2.65 bits per heavy atom. The molecule has 2 rings (SSSR count). The first kappa shape index (κ1) is 14.9. The van der Waals surface area contributed by atoms with Crippen LogP contribution in [0.5, 0.6) is 0 Å². The lowest BCUT2D eigenvalue weighted by Gasteiger charge is -2.40. The fraction of sp³-hybridized carbons (Fsp3) is 0.846. The molecule has 1 aromatic heterocycles. The minimum atomic E-state index is -0.134. The van der Waals surface area contributed by atoms with Crippen molar-refractivity contribution in [2.45, 2.75) is 51.5 Å². The van der Waals surface area contributed by atoms with E-state index in [9.17, 15) is 4.79 Å². The summed E-state index contributed by atoms with van der Waals surface area (Å²) in [6.45, 7) is 8.15. The minimum Gasteiger partial charge on any atom is -0.465 e. The molecule has 1 saturated heterocycles. The molecule has 0 amide bonds. The van der Waals surface area contributed by atoms with Gasteiger partial charge < -0.3 is 4.74 Å². The Hall–Kier alpha value is -1.50. The van der Waals surface area contributed by atoms with Crippen molar-refractivity contribution in [3.63, 3.8) is 0 Å². The van der Waals surface area contributed by atoms with E-state index in [0.717, 1.165) is 38.2 Å². The summed E-state index contributed by atoms with van der Waals surface area (Å²) in [7, 11) is 0. The van der Waals surface area contributed by atoms with Crippen LogP contribution in [0, 0.1) is 0 Å². The Labute approximate surface area is 119 Å². The summed E-state index contributed by atoms with van der Waals surface area (Å²) in [4.78, 5) is 14.2. The Morgan fingerprint density at radius 1 is 1.45 bits per heavy atom. The number of H-pyrrole nitrogens is 1. The molecule has 0 saturated carbocycles. The highest BCUT2D eigenvalue weighted by molar-refractivity contribution is 5.75. The zero-order chi connectivity index (χ0) is 14.6. The molecule has 20 heavy (non-hydrogen) atoms. The maximum Gasteiger partial charge on any atom is 0.323 e. The second-order valence-electron chi connectivity index (χ2n) is 5.51. The summed E-state index contributed by atoms with van der Waals surface area (Å²) in [6.07, 6.45) is 2.61. The third-order valence-corrected chi connectivity index (χ3v) is 4.17. The lowest BCUT2D eigenvalue weighted by Crippen LogP contribution is -2.49. The Kier molecular flexibility index (Phi) is 4.69. The van der Waals surface area contributed by atoms with E-state index in [1.165, 1.54) is 0 Å². The number of hydrogen-bond acceptors (Lipinski definition) is 6. The summed E-state index contributed by atoms with van der Waals surface area (Å²) in [6, 6.07) is -0.134. The van der Waals surface area contributed by atoms with Gasteiger partial charge in [0.25, 0.3) is 0 Å². The predicted molar refractivity (Wildman–Crippen MR) is 73.0 cm³/mol. The number of tetrazole rings is 1. The van der Waals surface area contributed by atoms with Gasteiger partial charge >= 0.3 is 5.97 Å². The van der Waals surface area contributed by atoms with Gasteiger partial charge in [0, 0.05) is 5.41 Å². The first-order valence-corrected chi connectivity index (χ1v) is 7.25. The van der Waals surface area contributed by atoms with Gasteiger partial charge in [0.15, 0.2) is 5.82 Å². The van der Waals surface area contributed by atoms with Gasteiger partial charge in [-0.25, -0.2) is 0 Å². The van der Waals surface area contributed by atoms with Gasteiger partial charge in [0.05, 0.1) is 6.61 Å². The van der Waals surface area contributed by atoms with Crippen molar-refractivity contribution < 1.29 is 9.53 Å². The molecule has 112 valence electrons. The van der Waals surface area contributed by atoms with Crippen molar-refractivity contribution in [2.24, 2.45) is 0 Å². The van der Waals surface area contributed by atoms with Crippen LogP contribution in [-0.2, 0) is 14.9 Å². The van der Waals surface area contributed by atoms with Crippen LogP contribution in [0.25, 0.3) is 0 Å². The van der Waals surface area contributed by atoms with Gasteiger partial charge in [0.2, 0.25) is 0 Å². The quantitative estimate of drug-likeness (QED) is 0.807. The van der Waals surface area contributed by atoms with E-state index in [4.69, 9.17) is 4.74 Å². The van der Waals surface area contributed by atoms with E-state index in [2.05, 4.69) is 32.4 Å². The largest absolute Gasteiger partial charge is 0.465 e. The van der Waals surface area contributed by atoms with E-state index >= 15 is 0 Å². The number of hydrogen-bond donors (Lipinski definition) is 1. The van der Waals surface area contributed by atoms with E-state index in [0.29, 0.717) is 6.61 Å². The molecule has 1 aliphatic heterocycles. The highest BCUT2D eigenvalue weighted by Gasteiger charge is 2.38. The number of carbonyl (C=O) groups is 1. The molecule has 1 fully saturated rings. The molecule has 2 heterocycles. The summed E-state index contributed by atoms with van der Waals surface area (Å²) < 4.78 is 5.15. The Bertz CT molecular complexity index is 426. The van der Waals surface area contributed by atoms with Crippen LogP contribution < -0.4 is 0 Å². The van der Waals surface area contributed by atoms with Crippen LogP contribution in [0.2, 0.25) is 0 Å². The fourth-order valence-electron chi connectivity index (χ4n) is 2.78. The average Bonchev–Trinajstić information content (AvgIpc) is 2.97. The monoisotopic (exact) mass is 281 g/mol. The molecule has 1 aromatic rings. The van der Waals surface area contributed by atoms with Gasteiger partial charge in [-0.15, -0.1) is 10.2 Å². The maximum absolute atomic E-state index is 12.0. The standard InChI is InChI=1S/C13H23N5O2/c1-4-10(11(19)20-5-2)18-8-6-13(3,7-9-18)12-14-16-17-15-12/h10H,4-9H2,1-3H3,(H,14,15,16,17). The summed E-state index contributed by atoms with van der Waals surface area (Å²) >= 11 is 0. The number of rotatable bonds is 5. The molecule has 1 atom stereocenters. The van der Waals surface area contributed by atoms with Gasteiger partial charge in [-0.2, -0.15) is 5.21 Å². The first-order chi connectivity index (χ1) is 9.60. The van der Waals surface area contributed by atoms with Gasteiger partial charge in [-0.05, 0) is 39.3 Å². The van der Waals surface area contributed by atoms with E-state index in [1.54, 1.807) is 0 Å². The fourth-order valence-corrected chi connectivity index (χ4v) is 2.78. The first-order valence-electron chi connectivity index (χ1n) is 7.25. The van der Waals surface area contributed by atoms with Crippen LogP contribution in [0.1, 0.15) is 45.9 Å². The van der Waals surface area contributed by atoms with Gasteiger partial charge in [-0.3, -0.25) is 9.69 Å². The molecular weight excluding hydrogens is 258 g/mol. The van der Waals surface area contributed by atoms with Crippen molar-refractivity contribution >= 4 is 5.97 Å². The number of nitrogens with one attached hydrogen (secondary N) is 1. The van der Waals surface area contributed by atoms with E-state index in [1.807, 2.05) is 13.8 Å². The topological polar surface area (TPSA) is 84.0 Å². The molecule has 1 N–H and O–H groups in total. The molecule has 0 spiro atoms. The minimum absolute atomic E-state index is 0.0591. The molecule has 7 nitrogen and oxygen atoms in total. The summed E-state index contributed by atoms with van der Waals surface area (Å²) in [5, 5.41) is 14.4. The molecule has 0 bridgehead atoms. The number of ether oxygens (including phenoxy) is 1. The van der Waals surface area contributed by atoms with Crippen LogP contribution >= 0.6 is 0 Å². The zero-order valence-electron chi connectivity index (χ0n) is 12.4. The molecule has 1 unspecified atom stereocenters. The average molecular weight is 281 g/mol. The normalized spacial score (nSPS) is 20.6. The third-order valence-electron chi connectivity index (χ3n) is 4.17. The molecular formula is C13H23N5O2. The lowest BCUT2D eigenvalue weighted by atomic mass is 9.79. The van der Waals surface area contributed by atoms with E-state index < -0.39 is 0 Å². The molecule has 0 aromatic carbocycles. The SMILES string of the molecule is CCOC(=O)C(CC)N1CCC(C)(c2nn[nH]n2)CC1. The van der Waals surface area contributed by atoms with Crippen molar-refractivity contribution in [3.8, 4) is 0 Å². The molecule has 7 heteroatoms. The maximum atomic E-state index is 12.0. The van der Waals surface area contributed by atoms with Crippen molar-refractivity contribution in [1.29, 1.82) is 0 Å². The molecule has 0 radical (unpaired) electrons. The smallest absolute Gasteiger partial charge is 0.323 e. The Balaban J connectivity index is 1.98. The van der Waals surface area contributed by atoms with Gasteiger partial charge in [-0.1, -0.05) is 19.1 Å². The molecule has 1 aliphatic rings. The summed E-state index contributed by atoms with van der Waals surface area (Å²) in [5.41, 5.74) is -0.0591. The predicted octanol–water partition coefficient (Wildman–Crippen LogP) is 0.895. The third kappa shape index (κ3) is 2.98. The molecule has 0 aliphatic carbocycles. The van der Waals surface area contributed by atoms with Crippen molar-refractivity contribution in [1.82, 2.24) is 25.5 Å². The number of esters is 1. The van der Waals surface area contributed by atoms with Crippen LogP contribution in [0.3, 0.4) is 0 Å². The number of nitrogens with zero attached hydrogens (tertiary/aromatic N) is 4. The lowest BCUT2D eigenvalue weighted by molar-refractivity contribution is -0.150. The van der Waals surface area contributed by atoms with Crippen LogP contribution in [0.4, 0.5) is 0 Å². The Morgan fingerprint density at radius 2 is 2.15 bits per heavy atom.